The fourth-order valence-electron chi connectivity index (χ4n) is 0.180. The molecule has 0 bridgehead atoms. The lowest BCUT2D eigenvalue weighted by molar-refractivity contribution is 0.0870. The van der Waals surface area contributed by atoms with Crippen molar-refractivity contribution in [3.63, 3.8) is 0 Å². The second kappa shape index (κ2) is 2.98. The van der Waals surface area contributed by atoms with Crippen LogP contribution in [0.15, 0.2) is 0 Å². The van der Waals surface area contributed by atoms with Crippen LogP contribution in [0, 0.1) is 0 Å². The number of alkyl halides is 3. The Morgan fingerprint density at radius 2 is 1.64 bits per heavy atom. The van der Waals surface area contributed by atoms with Gasteiger partial charge in [-0.2, -0.15) is 8.42 Å². The van der Waals surface area contributed by atoms with Gasteiger partial charge in [-0.15, -0.1) is 0 Å². The standard InChI is InChI=1S/C3H3F3.CH4O3S/c4-2-1-3(2,5)6;1-5(2,3)4/h2H,1H2;1H3,(H,2,3,4). The molecule has 1 atom stereocenters. The van der Waals surface area contributed by atoms with Crippen LogP contribution < -0.4 is 0 Å². The third-order valence-corrected chi connectivity index (χ3v) is 0.750. The number of hydrogen-bond donors (Lipinski definition) is 1. The number of halogens is 3. The molecule has 0 amide bonds. The molecule has 1 N–H and O–H groups in total. The molecule has 68 valence electrons. The molecule has 3 nitrogen and oxygen atoms in total. The zero-order valence-corrected chi connectivity index (χ0v) is 6.41. The van der Waals surface area contributed by atoms with E-state index in [2.05, 4.69) is 0 Å². The van der Waals surface area contributed by atoms with Crippen LogP contribution >= 0.6 is 0 Å². The fourth-order valence-corrected chi connectivity index (χ4v) is 0.180. The van der Waals surface area contributed by atoms with Crippen molar-refractivity contribution in [1.82, 2.24) is 0 Å². The van der Waals surface area contributed by atoms with Gasteiger partial charge in [-0.3, -0.25) is 4.55 Å². The quantitative estimate of drug-likeness (QED) is 0.579. The average Bonchev–Trinajstić information content (AvgIpc) is 2.04. The summed E-state index contributed by atoms with van der Waals surface area (Å²) < 4.78 is 59.3. The highest BCUT2D eigenvalue weighted by molar-refractivity contribution is 7.85. The van der Waals surface area contributed by atoms with Crippen LogP contribution in [0.5, 0.6) is 0 Å². The molecule has 1 aliphatic carbocycles. The second-order valence-electron chi connectivity index (χ2n) is 2.17. The summed E-state index contributed by atoms with van der Waals surface area (Å²) in [6.07, 6.45) is -1.68. The molecule has 1 fully saturated rings. The van der Waals surface area contributed by atoms with Crippen LogP contribution in [0.2, 0.25) is 0 Å². The predicted octanol–water partition coefficient (Wildman–Crippen LogP) is 0.868. The van der Waals surface area contributed by atoms with Gasteiger partial charge >= 0.3 is 0 Å². The molecular formula is C4H7F3O3S. The molecule has 0 aromatic heterocycles. The van der Waals surface area contributed by atoms with Crippen molar-refractivity contribution in [2.75, 3.05) is 6.26 Å². The highest BCUT2D eigenvalue weighted by Crippen LogP contribution is 2.44. The lowest BCUT2D eigenvalue weighted by Gasteiger charge is -1.79. The molecule has 0 aliphatic heterocycles. The van der Waals surface area contributed by atoms with Crippen LogP contribution in [0.25, 0.3) is 0 Å². The molecule has 0 radical (unpaired) electrons. The maximum atomic E-state index is 11.2. The van der Waals surface area contributed by atoms with E-state index in [9.17, 15) is 21.6 Å². The van der Waals surface area contributed by atoms with Gasteiger partial charge in [0.25, 0.3) is 16.0 Å². The Kier molecular flexibility index (Phi) is 2.90. The van der Waals surface area contributed by atoms with Crippen molar-refractivity contribution in [3.8, 4) is 0 Å². The Balaban J connectivity index is 0.000000187. The van der Waals surface area contributed by atoms with E-state index in [1.807, 2.05) is 0 Å². The summed E-state index contributed by atoms with van der Waals surface area (Å²) in [6, 6.07) is 0. The fraction of sp³-hybridized carbons (Fsp3) is 1.00. The van der Waals surface area contributed by atoms with Crippen molar-refractivity contribution >= 4 is 10.1 Å². The summed E-state index contributed by atoms with van der Waals surface area (Å²) in [7, 11) is -3.67. The van der Waals surface area contributed by atoms with Crippen molar-refractivity contribution in [2.45, 2.75) is 18.5 Å². The lowest BCUT2D eigenvalue weighted by Crippen LogP contribution is -1.90. The molecule has 11 heavy (non-hydrogen) atoms. The number of rotatable bonds is 0. The summed E-state index contributed by atoms with van der Waals surface area (Å²) in [6.45, 7) is 0. The van der Waals surface area contributed by atoms with Crippen molar-refractivity contribution in [2.24, 2.45) is 0 Å². The highest BCUT2D eigenvalue weighted by Gasteiger charge is 2.58. The van der Waals surface area contributed by atoms with Crippen LogP contribution in [0.3, 0.4) is 0 Å². The topological polar surface area (TPSA) is 54.4 Å². The molecule has 1 saturated carbocycles. The Morgan fingerprint density at radius 1 is 1.55 bits per heavy atom. The lowest BCUT2D eigenvalue weighted by atomic mass is 10.8. The van der Waals surface area contributed by atoms with E-state index in [-0.39, 0.29) is 0 Å². The first-order valence-electron chi connectivity index (χ1n) is 2.57. The van der Waals surface area contributed by atoms with Gasteiger partial charge in [-0.05, 0) is 0 Å². The van der Waals surface area contributed by atoms with Crippen molar-refractivity contribution in [3.05, 3.63) is 0 Å². The van der Waals surface area contributed by atoms with E-state index in [4.69, 9.17) is 4.55 Å². The van der Waals surface area contributed by atoms with E-state index in [1.165, 1.54) is 0 Å². The van der Waals surface area contributed by atoms with Crippen molar-refractivity contribution < 1.29 is 26.1 Å². The first-order chi connectivity index (χ1) is 4.63. The minimum absolute atomic E-state index is 0.562. The molecule has 7 heteroatoms. The van der Waals surface area contributed by atoms with Crippen LogP contribution in [-0.4, -0.2) is 31.3 Å². The van der Waals surface area contributed by atoms with Crippen molar-refractivity contribution in [1.29, 1.82) is 0 Å². The Hall–Kier alpha value is -0.300. The summed E-state index contributed by atoms with van der Waals surface area (Å²) >= 11 is 0. The molecule has 1 aliphatic rings. The van der Waals surface area contributed by atoms with Gasteiger partial charge in [0.05, 0.1) is 12.7 Å². The van der Waals surface area contributed by atoms with E-state index in [0.29, 0.717) is 6.26 Å². The van der Waals surface area contributed by atoms with E-state index in [1.54, 1.807) is 0 Å². The molecule has 0 heterocycles. The summed E-state index contributed by atoms with van der Waals surface area (Å²) in [5, 5.41) is 0. The van der Waals surface area contributed by atoms with E-state index < -0.39 is 28.6 Å². The van der Waals surface area contributed by atoms with Gasteiger partial charge in [0.15, 0.2) is 6.17 Å². The smallest absolute Gasteiger partial charge is 0.281 e. The Bertz CT molecular complexity index is 215. The second-order valence-corrected chi connectivity index (χ2v) is 3.63. The third kappa shape index (κ3) is 7.60. The van der Waals surface area contributed by atoms with Gasteiger partial charge in [0, 0.05) is 0 Å². The first kappa shape index (κ1) is 10.7. The largest absolute Gasteiger partial charge is 0.286 e. The maximum absolute atomic E-state index is 11.2. The maximum Gasteiger partial charge on any atom is 0.281 e. The summed E-state index contributed by atoms with van der Waals surface area (Å²) in [4.78, 5) is 0. The molecule has 0 saturated heterocycles. The van der Waals surface area contributed by atoms with Crippen LogP contribution in [-0.2, 0) is 10.1 Å². The SMILES string of the molecule is CS(=O)(=O)O.FC1CC1(F)F. The van der Waals surface area contributed by atoms with E-state index in [0.717, 1.165) is 0 Å². The van der Waals surface area contributed by atoms with Gasteiger partial charge in [-0.1, -0.05) is 0 Å². The van der Waals surface area contributed by atoms with Crippen LogP contribution in [0.4, 0.5) is 13.2 Å². The first-order valence-corrected chi connectivity index (χ1v) is 4.42. The van der Waals surface area contributed by atoms with E-state index >= 15 is 0 Å². The predicted molar refractivity (Wildman–Crippen MR) is 31.9 cm³/mol. The third-order valence-electron chi connectivity index (χ3n) is 0.750. The Morgan fingerprint density at radius 3 is 1.64 bits per heavy atom. The molecule has 1 unspecified atom stereocenters. The monoisotopic (exact) mass is 192 g/mol. The Labute approximate surface area is 62.0 Å². The average molecular weight is 192 g/mol. The number of hydrogen-bond acceptors (Lipinski definition) is 2. The van der Waals surface area contributed by atoms with Gasteiger partial charge in [-0.25, -0.2) is 13.2 Å². The molecular weight excluding hydrogens is 185 g/mol. The molecule has 0 spiro atoms. The van der Waals surface area contributed by atoms with Gasteiger partial charge in [0.2, 0.25) is 0 Å². The normalized spacial score (nSPS) is 26.8. The van der Waals surface area contributed by atoms with Crippen LogP contribution in [0.1, 0.15) is 6.42 Å². The van der Waals surface area contributed by atoms with Gasteiger partial charge < -0.3 is 0 Å². The minimum Gasteiger partial charge on any atom is -0.286 e. The zero-order valence-electron chi connectivity index (χ0n) is 5.59. The highest BCUT2D eigenvalue weighted by atomic mass is 32.2. The zero-order chi connectivity index (χ0) is 9.28. The minimum atomic E-state index is -3.67. The molecule has 0 aromatic rings. The summed E-state index contributed by atoms with van der Waals surface area (Å²) in [5.41, 5.74) is 0. The molecule has 1 rings (SSSR count). The molecule has 0 aromatic carbocycles. The summed E-state index contributed by atoms with van der Waals surface area (Å²) in [5.74, 6) is -2.96. The van der Waals surface area contributed by atoms with Gasteiger partial charge in [0.1, 0.15) is 0 Å².